The van der Waals surface area contributed by atoms with Crippen LogP contribution < -0.4 is 0 Å². The van der Waals surface area contributed by atoms with Crippen LogP contribution in [0.4, 0.5) is 0 Å². The zero-order chi connectivity index (χ0) is 36.2. The van der Waals surface area contributed by atoms with Crippen LogP contribution in [-0.2, 0) is 54.6 Å². The molecule has 0 saturated heterocycles. The van der Waals surface area contributed by atoms with Crippen molar-refractivity contribution in [2.24, 2.45) is 6.68 Å². The van der Waals surface area contributed by atoms with E-state index in [1.54, 1.807) is 70.5 Å². The Kier molecular flexibility index (Phi) is 124. The normalized spacial score (nSPS) is 11.2. The molecule has 2 rings (SSSR count). The molecule has 2 saturated carbocycles. The van der Waals surface area contributed by atoms with Crippen LogP contribution in [0.1, 0.15) is 120 Å². The molecule has 2 aliphatic carbocycles. The minimum absolute atomic E-state index is 0. The summed E-state index contributed by atoms with van der Waals surface area (Å²) in [6.45, 7) is 16.0. The van der Waals surface area contributed by atoms with Gasteiger partial charge < -0.3 is 41.4 Å². The van der Waals surface area contributed by atoms with Gasteiger partial charge in [0.1, 0.15) is 0 Å². The largest absolute Gasteiger partial charge is 5.00 e. The molecule has 7 nitrogen and oxygen atoms in total. The Morgan fingerprint density at radius 2 is 0.478 bits per heavy atom. The van der Waals surface area contributed by atoms with Gasteiger partial charge in [-0.3, -0.25) is 0 Å². The van der Waals surface area contributed by atoms with Crippen molar-refractivity contribution in [2.75, 3.05) is 70.5 Å². The maximum Gasteiger partial charge on any atom is 5.00 e. The van der Waals surface area contributed by atoms with Gasteiger partial charge in [0.2, 0.25) is 0 Å². The van der Waals surface area contributed by atoms with Gasteiger partial charge in [0.05, 0.1) is 0 Å². The fraction of sp³-hybridized carbons (Fsp3) is 0.938. The van der Waals surface area contributed by atoms with Crippen LogP contribution in [-0.4, -0.2) is 81.6 Å². The second kappa shape index (κ2) is 73.3. The van der Waals surface area contributed by atoms with Gasteiger partial charge in [-0.15, -0.1) is 0 Å². The summed E-state index contributed by atoms with van der Waals surface area (Å²) in [4.78, 5) is 0. The van der Waals surface area contributed by atoms with E-state index in [9.17, 15) is 0 Å². The van der Waals surface area contributed by atoms with Crippen LogP contribution in [0.5, 0.6) is 0 Å². The van der Waals surface area contributed by atoms with Gasteiger partial charge in [0.15, 0.2) is 0 Å². The molecule has 0 aromatic rings. The molecule has 0 spiro atoms. The van der Waals surface area contributed by atoms with Crippen molar-refractivity contribution in [1.82, 2.24) is 0 Å². The molecule has 2 fully saturated rings. The fourth-order valence-electron chi connectivity index (χ4n) is 2.22. The van der Waals surface area contributed by atoms with E-state index in [2.05, 4.69) is 33.3 Å². The molecule has 0 aromatic heterocycles. The molecule has 0 radical (unpaired) electrons. The maximum atomic E-state index is 5.54. The third-order valence-electron chi connectivity index (χ3n) is 3.25. The van der Waals surface area contributed by atoms with Crippen molar-refractivity contribution in [3.8, 4) is 0 Å². The summed E-state index contributed by atoms with van der Waals surface area (Å²) in [5.74, 6) is 0. The molecule has 0 atom stereocenters. The Hall–Kier alpha value is 2.78. The van der Waals surface area contributed by atoms with E-state index >= 15 is 0 Å². The van der Waals surface area contributed by atoms with E-state index in [1.807, 2.05) is 55.4 Å². The molecule has 0 N–H and O–H groups in total. The topological polar surface area (TPSA) is 95.2 Å². The van der Waals surface area contributed by atoms with E-state index in [0.29, 0.717) is 0 Å². The first-order valence-electron chi connectivity index (χ1n) is 15.0. The number of hydrogen-bond acceptors (Lipinski definition) is 2. The van der Waals surface area contributed by atoms with Crippen LogP contribution in [0.15, 0.2) is 6.68 Å². The van der Waals surface area contributed by atoms with E-state index in [-0.39, 0.29) is 48.3 Å². The summed E-state index contributed by atoms with van der Waals surface area (Å²) >= 11 is -4.18. The first kappa shape index (κ1) is 78.0. The third kappa shape index (κ3) is 189. The monoisotopic (exact) mass is 981 g/mol. The van der Waals surface area contributed by atoms with E-state index in [0.717, 1.165) is 0 Å². The number of nitrogens with zero attached hydrogens (tertiary/aromatic N) is 7. The van der Waals surface area contributed by atoms with E-state index in [4.69, 9.17) is 36.8 Å². The summed E-state index contributed by atoms with van der Waals surface area (Å²) in [7, 11) is 39.7. The van der Waals surface area contributed by atoms with Crippen LogP contribution >= 0.6 is 36.8 Å². The van der Waals surface area contributed by atoms with E-state index in [1.165, 1.54) is 64.2 Å². The average Bonchev–Trinajstić information content (AvgIpc) is 3.60. The van der Waals surface area contributed by atoms with Gasteiger partial charge in [-0.05, 0) is 0 Å². The SMILES string of the molecule is C1CCCC1.C1CCCC1.CC.CC(C)(C)[N]=[Nb]([Cl])[Cl].CC(C)(C)[N]=[Nb]([Cl])[Cl].C[N-]C.C[N-]C.C[N-]C.C[N-]C.C[N-]C.[CH3-].[CH3-].[Nb+5]. The smallest absolute Gasteiger partial charge is 0.668 e. The van der Waals surface area contributed by atoms with Crippen LogP contribution in [0.2, 0.25) is 0 Å². The Balaban J connectivity index is -0.0000000337. The van der Waals surface area contributed by atoms with Crippen molar-refractivity contribution in [1.29, 1.82) is 0 Å². The first-order chi connectivity index (χ1) is 19.9. The average molecular weight is 984 g/mol. The molecule has 288 valence electrons. The molecular weight excluding hydrogens is 903 g/mol. The van der Waals surface area contributed by atoms with E-state index < -0.39 is 32.2 Å². The molecule has 0 aromatic carbocycles. The Bertz CT molecular complexity index is 416. The molecule has 0 unspecified atom stereocenters. The molecule has 0 amide bonds. The minimum Gasteiger partial charge on any atom is -0.668 e. The van der Waals surface area contributed by atoms with Gasteiger partial charge in [-0.25, -0.2) is 0 Å². The van der Waals surface area contributed by atoms with Crippen LogP contribution in [0.3, 0.4) is 0 Å². The van der Waals surface area contributed by atoms with Crippen molar-refractivity contribution in [3.63, 3.8) is 0 Å². The zero-order valence-electron chi connectivity index (χ0n) is 34.1. The summed E-state index contributed by atoms with van der Waals surface area (Å²) in [6, 6.07) is 0. The maximum absolute atomic E-state index is 5.54. The van der Waals surface area contributed by atoms with Crippen molar-refractivity contribution in [3.05, 3.63) is 41.4 Å². The number of rotatable bonds is 0. The Labute approximate surface area is 337 Å². The molecular formula is C32H80Cl4N7Nb3-2. The number of hydrogen-bond donors (Lipinski definition) is 0. The molecule has 0 bridgehead atoms. The van der Waals surface area contributed by atoms with Gasteiger partial charge in [-0.2, -0.15) is 70.5 Å². The predicted molar refractivity (Wildman–Crippen MR) is 214 cm³/mol. The van der Waals surface area contributed by atoms with Crippen molar-refractivity contribution in [2.45, 2.75) is 131 Å². The van der Waals surface area contributed by atoms with Gasteiger partial charge in [0, 0.05) is 0 Å². The second-order valence-electron chi connectivity index (χ2n) is 10.7. The molecule has 2 aliphatic rings. The third-order valence-corrected chi connectivity index (χ3v) is 8.73. The number of halogens is 4. The quantitative estimate of drug-likeness (QED) is 0.171. The van der Waals surface area contributed by atoms with Crippen LogP contribution in [0, 0.1) is 14.9 Å². The minimum atomic E-state index is -2.09. The Morgan fingerprint density at radius 1 is 0.391 bits per heavy atom. The van der Waals surface area contributed by atoms with Crippen molar-refractivity contribution >= 4 is 36.8 Å². The first-order valence-corrected chi connectivity index (χ1v) is 28.3. The van der Waals surface area contributed by atoms with Gasteiger partial charge >= 0.3 is 151 Å². The predicted octanol–water partition coefficient (Wildman–Crippen LogP) is 14.7. The molecule has 14 heteroatoms. The molecule has 46 heavy (non-hydrogen) atoms. The fourth-order valence-corrected chi connectivity index (χ4v) is 9.82. The van der Waals surface area contributed by atoms with Gasteiger partial charge in [-0.1, -0.05) is 78.1 Å². The summed E-state index contributed by atoms with van der Waals surface area (Å²) in [5.41, 5.74) is -0.0708. The standard InChI is InChI=1S/2C5H10.2C4H9N.5C2H6N.C2H6.2CH3.4ClH.3Nb/c2*1-2-4-5-3-1;2*1-4(2,3)5;5*1-3-2;1-2;;;;;;;;;/h2*1-5H2;2*1-3H3;5*1-2H3;1-2H3;2*1H3;4*1H;;;/q;;;;5*-1;;2*-1;;;;;2*+2;+5/p-4. The van der Waals surface area contributed by atoms with Crippen LogP contribution in [0.25, 0.3) is 26.6 Å². The summed E-state index contributed by atoms with van der Waals surface area (Å²) in [6.07, 6.45) is 15.0. The van der Waals surface area contributed by atoms with Crippen molar-refractivity contribution < 1.29 is 54.6 Å². The summed E-state index contributed by atoms with van der Waals surface area (Å²) in [5, 5.41) is 17.5. The molecule has 0 aliphatic heterocycles. The Morgan fingerprint density at radius 3 is 0.500 bits per heavy atom. The molecule has 0 heterocycles. The second-order valence-corrected chi connectivity index (χ2v) is 23.5. The van der Waals surface area contributed by atoms with Gasteiger partial charge in [0.25, 0.3) is 0 Å². The zero-order valence-corrected chi connectivity index (χ0v) is 43.7. The summed E-state index contributed by atoms with van der Waals surface area (Å²) < 4.78 is 8.25.